The molecular formula is C10H13N3O2. The number of para-hydroxylation sites is 1. The van der Waals surface area contributed by atoms with Crippen molar-refractivity contribution in [2.75, 3.05) is 5.32 Å². The normalized spacial score (nSPS) is 11.9. The molecular weight excluding hydrogens is 194 g/mol. The van der Waals surface area contributed by atoms with Crippen LogP contribution in [0.2, 0.25) is 0 Å². The third-order valence-electron chi connectivity index (χ3n) is 1.86. The maximum Gasteiger partial charge on any atom is 0.316 e. The fourth-order valence-electron chi connectivity index (χ4n) is 1.18. The lowest BCUT2D eigenvalue weighted by atomic mass is 10.0. The number of hydrogen-bond donors (Lipinski definition) is 3. The van der Waals surface area contributed by atoms with E-state index in [9.17, 15) is 9.59 Å². The molecule has 0 aromatic heterocycles. The van der Waals surface area contributed by atoms with E-state index >= 15 is 0 Å². The zero-order valence-electron chi connectivity index (χ0n) is 8.36. The maximum absolute atomic E-state index is 11.6. The third-order valence-corrected chi connectivity index (χ3v) is 1.86. The van der Waals surface area contributed by atoms with Gasteiger partial charge in [-0.05, 0) is 19.1 Å². The maximum atomic E-state index is 11.6. The highest BCUT2D eigenvalue weighted by Crippen LogP contribution is 2.16. The number of carbonyl (C=O) groups is 2. The Morgan fingerprint density at radius 3 is 2.47 bits per heavy atom. The van der Waals surface area contributed by atoms with Crippen LogP contribution < -0.4 is 16.8 Å². The van der Waals surface area contributed by atoms with Crippen LogP contribution in [0.25, 0.3) is 0 Å². The minimum absolute atomic E-state index is 0.237. The highest BCUT2D eigenvalue weighted by Gasteiger charge is 2.15. The molecule has 0 fully saturated rings. The first-order chi connectivity index (χ1) is 7.02. The Bertz CT molecular complexity index is 388. The van der Waals surface area contributed by atoms with E-state index < -0.39 is 12.1 Å². The summed E-state index contributed by atoms with van der Waals surface area (Å²) in [6.07, 6.45) is 0. The molecule has 5 N–H and O–H groups in total. The third kappa shape index (κ3) is 2.78. The van der Waals surface area contributed by atoms with Crippen molar-refractivity contribution in [3.63, 3.8) is 0 Å². The van der Waals surface area contributed by atoms with Gasteiger partial charge in [0.25, 0.3) is 0 Å². The van der Waals surface area contributed by atoms with Crippen molar-refractivity contribution in [1.82, 2.24) is 0 Å². The summed E-state index contributed by atoms with van der Waals surface area (Å²) in [5, 5.41) is 2.37. The number of amides is 2. The average molecular weight is 207 g/mol. The van der Waals surface area contributed by atoms with Crippen LogP contribution in [-0.4, -0.2) is 17.9 Å². The molecule has 0 saturated carbocycles. The van der Waals surface area contributed by atoms with E-state index in [-0.39, 0.29) is 5.78 Å². The molecule has 0 saturated heterocycles. The van der Waals surface area contributed by atoms with Gasteiger partial charge in [0.1, 0.15) is 0 Å². The van der Waals surface area contributed by atoms with Gasteiger partial charge in [0.05, 0.1) is 11.7 Å². The second-order valence-corrected chi connectivity index (χ2v) is 3.19. The van der Waals surface area contributed by atoms with E-state index in [1.807, 2.05) is 0 Å². The van der Waals surface area contributed by atoms with Crippen LogP contribution in [0.15, 0.2) is 24.3 Å². The van der Waals surface area contributed by atoms with Crippen molar-refractivity contribution < 1.29 is 9.59 Å². The molecule has 15 heavy (non-hydrogen) atoms. The van der Waals surface area contributed by atoms with E-state index in [1.54, 1.807) is 31.2 Å². The number of rotatable bonds is 3. The Kier molecular flexibility index (Phi) is 3.41. The van der Waals surface area contributed by atoms with Crippen molar-refractivity contribution in [2.45, 2.75) is 13.0 Å². The monoisotopic (exact) mass is 207 g/mol. The topological polar surface area (TPSA) is 98.2 Å². The number of nitrogens with one attached hydrogen (secondary N) is 1. The molecule has 1 unspecified atom stereocenters. The Morgan fingerprint density at radius 2 is 1.93 bits per heavy atom. The summed E-state index contributed by atoms with van der Waals surface area (Å²) >= 11 is 0. The highest BCUT2D eigenvalue weighted by atomic mass is 16.2. The van der Waals surface area contributed by atoms with Crippen molar-refractivity contribution in [1.29, 1.82) is 0 Å². The summed E-state index contributed by atoms with van der Waals surface area (Å²) in [5.41, 5.74) is 11.2. The number of nitrogens with two attached hydrogens (primary N) is 2. The summed E-state index contributed by atoms with van der Waals surface area (Å²) in [4.78, 5) is 22.3. The molecule has 0 bridgehead atoms. The van der Waals surface area contributed by atoms with Crippen LogP contribution in [0.3, 0.4) is 0 Å². The summed E-state index contributed by atoms with van der Waals surface area (Å²) in [6, 6.07) is 5.27. The molecule has 2 amide bonds. The molecule has 0 aliphatic carbocycles. The van der Waals surface area contributed by atoms with Gasteiger partial charge in [-0.1, -0.05) is 12.1 Å². The fraction of sp³-hybridized carbons (Fsp3) is 0.200. The van der Waals surface area contributed by atoms with Crippen molar-refractivity contribution in [3.05, 3.63) is 29.8 Å². The molecule has 0 aliphatic rings. The molecule has 0 radical (unpaired) electrons. The molecule has 0 heterocycles. The molecule has 0 spiro atoms. The highest BCUT2D eigenvalue weighted by molar-refractivity contribution is 6.06. The smallest absolute Gasteiger partial charge is 0.316 e. The number of carbonyl (C=O) groups excluding carboxylic acids is 2. The number of primary amides is 1. The second-order valence-electron chi connectivity index (χ2n) is 3.19. The Hall–Kier alpha value is -1.88. The van der Waals surface area contributed by atoms with Gasteiger partial charge in [0.15, 0.2) is 5.78 Å². The van der Waals surface area contributed by atoms with Crippen molar-refractivity contribution >= 4 is 17.5 Å². The minimum atomic E-state index is -0.708. The Balaban J connectivity index is 3.06. The van der Waals surface area contributed by atoms with Gasteiger partial charge in [0, 0.05) is 5.56 Å². The molecule has 1 rings (SSSR count). The number of anilines is 1. The minimum Gasteiger partial charge on any atom is -0.351 e. The first kappa shape index (κ1) is 11.2. The zero-order chi connectivity index (χ0) is 11.4. The fourth-order valence-corrected chi connectivity index (χ4v) is 1.18. The van der Waals surface area contributed by atoms with E-state index in [2.05, 4.69) is 5.32 Å². The van der Waals surface area contributed by atoms with Crippen LogP contribution in [0.4, 0.5) is 10.5 Å². The van der Waals surface area contributed by atoms with Gasteiger partial charge < -0.3 is 16.8 Å². The number of Topliss-reactive ketones (excluding diaryl/α,β-unsaturated/α-hetero) is 1. The van der Waals surface area contributed by atoms with Crippen LogP contribution in [0.5, 0.6) is 0 Å². The SMILES string of the molecule is CC(N)C(=O)c1ccccc1NC(N)=O. The van der Waals surface area contributed by atoms with E-state index in [0.29, 0.717) is 11.3 Å². The largest absolute Gasteiger partial charge is 0.351 e. The predicted octanol–water partition coefficient (Wildman–Crippen LogP) is 0.707. The number of ketones is 1. The lowest BCUT2D eigenvalue weighted by Crippen LogP contribution is -2.28. The number of benzene rings is 1. The lowest BCUT2D eigenvalue weighted by Gasteiger charge is -2.10. The molecule has 5 nitrogen and oxygen atoms in total. The quantitative estimate of drug-likeness (QED) is 0.636. The first-order valence-corrected chi connectivity index (χ1v) is 4.47. The first-order valence-electron chi connectivity index (χ1n) is 4.47. The van der Waals surface area contributed by atoms with Gasteiger partial charge in [-0.25, -0.2) is 4.79 Å². The second kappa shape index (κ2) is 4.56. The Labute approximate surface area is 87.4 Å². The molecule has 0 aliphatic heterocycles. The number of hydrogen-bond acceptors (Lipinski definition) is 3. The molecule has 5 heteroatoms. The van der Waals surface area contributed by atoms with Crippen molar-refractivity contribution in [3.8, 4) is 0 Å². The van der Waals surface area contributed by atoms with Crippen LogP contribution in [0, 0.1) is 0 Å². The summed E-state index contributed by atoms with van der Waals surface area (Å²) in [5.74, 6) is -0.237. The molecule has 1 aromatic carbocycles. The van der Waals surface area contributed by atoms with E-state index in [4.69, 9.17) is 11.5 Å². The van der Waals surface area contributed by atoms with Gasteiger partial charge >= 0.3 is 6.03 Å². The van der Waals surface area contributed by atoms with E-state index in [1.165, 1.54) is 0 Å². The van der Waals surface area contributed by atoms with Crippen molar-refractivity contribution in [2.24, 2.45) is 11.5 Å². The lowest BCUT2D eigenvalue weighted by molar-refractivity contribution is 0.0969. The summed E-state index contributed by atoms with van der Waals surface area (Å²) in [6.45, 7) is 1.59. The number of urea groups is 1. The molecule has 1 aromatic rings. The van der Waals surface area contributed by atoms with E-state index in [0.717, 1.165) is 0 Å². The summed E-state index contributed by atoms with van der Waals surface area (Å²) in [7, 11) is 0. The zero-order valence-corrected chi connectivity index (χ0v) is 8.36. The van der Waals surface area contributed by atoms with Crippen LogP contribution in [0.1, 0.15) is 17.3 Å². The van der Waals surface area contributed by atoms with Crippen LogP contribution >= 0.6 is 0 Å². The van der Waals surface area contributed by atoms with Crippen LogP contribution in [-0.2, 0) is 0 Å². The van der Waals surface area contributed by atoms with Gasteiger partial charge in [-0.15, -0.1) is 0 Å². The van der Waals surface area contributed by atoms with Gasteiger partial charge in [-0.3, -0.25) is 4.79 Å². The van der Waals surface area contributed by atoms with Gasteiger partial charge in [0.2, 0.25) is 0 Å². The molecule has 1 atom stereocenters. The molecule has 80 valence electrons. The Morgan fingerprint density at radius 1 is 1.33 bits per heavy atom. The predicted molar refractivity (Wildman–Crippen MR) is 57.6 cm³/mol. The standard InChI is InChI=1S/C10H13N3O2/c1-6(11)9(14)7-4-2-3-5-8(7)13-10(12)15/h2-6H,11H2,1H3,(H3,12,13,15). The average Bonchev–Trinajstić information content (AvgIpc) is 2.16. The summed E-state index contributed by atoms with van der Waals surface area (Å²) < 4.78 is 0. The van der Waals surface area contributed by atoms with Gasteiger partial charge in [-0.2, -0.15) is 0 Å².